The van der Waals surface area contributed by atoms with Gasteiger partial charge in [-0.15, -0.1) is 0 Å². The molecule has 0 aromatic carbocycles. The third-order valence-electron chi connectivity index (χ3n) is 0. The van der Waals surface area contributed by atoms with Crippen LogP contribution < -0.4 is 0 Å². The van der Waals surface area contributed by atoms with Gasteiger partial charge in [-0.05, 0) is 61.2 Å². The van der Waals surface area contributed by atoms with Gasteiger partial charge in [0.2, 0.25) is 0 Å². The van der Waals surface area contributed by atoms with Gasteiger partial charge in [-0.2, -0.15) is 0 Å². The van der Waals surface area contributed by atoms with Crippen LogP contribution in [0, 0.1) is 0 Å². The van der Waals surface area contributed by atoms with Crippen LogP contribution in [0.5, 0.6) is 0 Å². The average Bonchev–Trinajstić information content (AvgIpc) is 1.73. The van der Waals surface area contributed by atoms with E-state index < -0.39 is 8.32 Å². The van der Waals surface area contributed by atoms with E-state index in [1.807, 2.05) is 19.6 Å². The van der Waals surface area contributed by atoms with E-state index in [-0.39, 0.29) is 40.0 Å². The minimum Gasteiger partial charge on any atom is -0.433 e. The Morgan fingerprint density at radius 3 is 0.611 bits per heavy atom. The average molecular weight is 318 g/mol. The molecule has 0 aliphatic rings. The van der Waals surface area contributed by atoms with Crippen molar-refractivity contribution >= 4 is 8.32 Å². The fraction of sp³-hybridized carbons (Fsp3) is 1.00. The number of aliphatic hydroxyl groups excluding tert-OH is 3. The van der Waals surface area contributed by atoms with Gasteiger partial charge >= 0.3 is 0 Å². The molecule has 0 aliphatic heterocycles. The summed E-state index contributed by atoms with van der Waals surface area (Å²) < 4.78 is 0. The van der Waals surface area contributed by atoms with Crippen molar-refractivity contribution in [2.45, 2.75) is 79.5 Å². The molecule has 0 saturated heterocycles. The molecule has 0 saturated carbocycles. The second-order valence-corrected chi connectivity index (χ2v) is 9.79. The van der Waals surface area contributed by atoms with E-state index in [0.29, 0.717) is 0 Å². The van der Waals surface area contributed by atoms with Crippen LogP contribution in [0.2, 0.25) is 19.6 Å². The van der Waals surface area contributed by atoms with Crippen molar-refractivity contribution in [3.05, 3.63) is 0 Å². The summed E-state index contributed by atoms with van der Waals surface area (Å²) in [6.45, 7) is 16.0. The van der Waals surface area contributed by atoms with Gasteiger partial charge in [0, 0.05) is 40.0 Å². The maximum absolute atomic E-state index is 8.66. The molecule has 0 aromatic heterocycles. The van der Waals surface area contributed by atoms with E-state index in [0.717, 1.165) is 0 Å². The molecule has 0 heterocycles. The molecule has 18 heavy (non-hydrogen) atoms. The van der Waals surface area contributed by atoms with E-state index in [1.54, 1.807) is 41.5 Å². The van der Waals surface area contributed by atoms with Crippen LogP contribution in [0.1, 0.15) is 41.5 Å². The van der Waals surface area contributed by atoms with Crippen LogP contribution in [0.25, 0.3) is 0 Å². The van der Waals surface area contributed by atoms with E-state index in [2.05, 4.69) is 0 Å². The number of hydrogen-bond donors (Lipinski definition) is 4. The molecular weight excluding hydrogens is 284 g/mol. The third kappa shape index (κ3) is 7010. The first kappa shape index (κ1) is 31.3. The molecule has 0 aromatic rings. The number of rotatable bonds is 0. The van der Waals surface area contributed by atoms with Gasteiger partial charge in [-0.3, -0.25) is 0 Å². The Bertz CT molecular complexity index is 97.2. The molecule has 4 nitrogen and oxygen atoms in total. The maximum atomic E-state index is 8.66. The van der Waals surface area contributed by atoms with Crippen LogP contribution in [-0.4, -0.2) is 46.7 Å². The van der Waals surface area contributed by atoms with Gasteiger partial charge < -0.3 is 20.1 Å². The van der Waals surface area contributed by atoms with Gasteiger partial charge in [0.05, 0.1) is 0 Å². The fourth-order valence-corrected chi connectivity index (χ4v) is 0. The molecule has 4 N–H and O–H groups in total. The van der Waals surface area contributed by atoms with Crippen molar-refractivity contribution in [3.63, 3.8) is 0 Å². The fourth-order valence-electron chi connectivity index (χ4n) is 0. The SMILES string of the molecule is CC(C)O.CC(C)O.CC(C)O.C[Si](C)(C)O.[Ti]. The largest absolute Gasteiger partial charge is 0.433 e. The molecule has 0 unspecified atom stereocenters. The maximum Gasteiger partial charge on any atom is 0.179 e. The third-order valence-corrected chi connectivity index (χ3v) is 0. The van der Waals surface area contributed by atoms with E-state index in [1.165, 1.54) is 0 Å². The van der Waals surface area contributed by atoms with Crippen molar-refractivity contribution in [2.75, 3.05) is 0 Å². The zero-order valence-electron chi connectivity index (χ0n) is 13.5. The first-order valence-electron chi connectivity index (χ1n) is 5.96. The van der Waals surface area contributed by atoms with Crippen molar-refractivity contribution in [1.82, 2.24) is 0 Å². The Labute approximate surface area is 129 Å². The molecule has 0 aliphatic carbocycles. The quantitative estimate of drug-likeness (QED) is 0.515. The molecule has 0 spiro atoms. The normalized spacial score (nSPS) is 9.33. The van der Waals surface area contributed by atoms with E-state index in [9.17, 15) is 0 Å². The molecule has 0 atom stereocenters. The van der Waals surface area contributed by atoms with Crippen LogP contribution in [0.4, 0.5) is 0 Å². The predicted octanol–water partition coefficient (Wildman–Crippen LogP) is 1.97. The summed E-state index contributed by atoms with van der Waals surface area (Å²) in [6.07, 6.45) is -0.500. The summed E-state index contributed by atoms with van der Waals surface area (Å²) >= 11 is 0. The minimum atomic E-state index is -1.61. The smallest absolute Gasteiger partial charge is 0.179 e. The van der Waals surface area contributed by atoms with Crippen molar-refractivity contribution in [1.29, 1.82) is 0 Å². The van der Waals surface area contributed by atoms with Gasteiger partial charge in [-0.25, -0.2) is 0 Å². The second kappa shape index (κ2) is 20.1. The predicted molar refractivity (Wildman–Crippen MR) is 77.6 cm³/mol. The van der Waals surface area contributed by atoms with Crippen molar-refractivity contribution < 1.29 is 41.8 Å². The zero-order valence-corrected chi connectivity index (χ0v) is 16.1. The Balaban J connectivity index is -0.0000000412. The van der Waals surface area contributed by atoms with Crippen LogP contribution in [0.3, 0.4) is 0 Å². The topological polar surface area (TPSA) is 80.9 Å². The standard InChI is InChI=1S/C3H10OSi.3C3H8O.Ti/c1-5(2,3)4;3*1-3(2)4;/h4H,1-3H3;3*3-4H,1-2H3;. The zero-order chi connectivity index (χ0) is 15.2. The summed E-state index contributed by atoms with van der Waals surface area (Å²) in [5.74, 6) is 0. The molecule has 0 amide bonds. The van der Waals surface area contributed by atoms with Gasteiger partial charge in [0.25, 0.3) is 0 Å². The molecule has 0 rings (SSSR count). The second-order valence-electron chi connectivity index (χ2n) is 5.45. The monoisotopic (exact) mass is 318 g/mol. The summed E-state index contributed by atoms with van der Waals surface area (Å²) in [6, 6.07) is 0. The Kier molecular flexibility index (Phi) is 34.9. The van der Waals surface area contributed by atoms with Crippen LogP contribution in [0.15, 0.2) is 0 Å². The molecule has 6 heteroatoms. The summed E-state index contributed by atoms with van der Waals surface area (Å²) in [5, 5.41) is 24.2. The molecule has 0 radical (unpaired) electrons. The van der Waals surface area contributed by atoms with Crippen LogP contribution >= 0.6 is 0 Å². The minimum absolute atomic E-state index is 0. The Morgan fingerprint density at radius 2 is 0.611 bits per heavy atom. The Hall–Kier alpha value is 0.771. The van der Waals surface area contributed by atoms with E-state index >= 15 is 0 Å². The molecule has 0 fully saturated rings. The molecule has 0 bridgehead atoms. The molecular formula is C12H34O4SiTi. The van der Waals surface area contributed by atoms with Crippen LogP contribution in [-0.2, 0) is 21.7 Å². The van der Waals surface area contributed by atoms with Gasteiger partial charge in [0.1, 0.15) is 0 Å². The van der Waals surface area contributed by atoms with E-state index in [4.69, 9.17) is 20.1 Å². The number of hydrogen-bond acceptors (Lipinski definition) is 4. The van der Waals surface area contributed by atoms with Gasteiger partial charge in [0.15, 0.2) is 8.32 Å². The first-order chi connectivity index (χ1) is 7.20. The van der Waals surface area contributed by atoms with Crippen molar-refractivity contribution in [2.24, 2.45) is 0 Å². The summed E-state index contributed by atoms with van der Waals surface area (Å²) in [7, 11) is -1.61. The first-order valence-corrected chi connectivity index (χ1v) is 9.41. The van der Waals surface area contributed by atoms with Gasteiger partial charge in [-0.1, -0.05) is 0 Å². The molecule has 114 valence electrons. The number of aliphatic hydroxyl groups is 3. The summed E-state index contributed by atoms with van der Waals surface area (Å²) in [4.78, 5) is 8.66. The Morgan fingerprint density at radius 1 is 0.611 bits per heavy atom. The summed E-state index contributed by atoms with van der Waals surface area (Å²) in [5.41, 5.74) is 0. The van der Waals surface area contributed by atoms with Crippen molar-refractivity contribution in [3.8, 4) is 0 Å².